The van der Waals surface area contributed by atoms with Crippen molar-refractivity contribution in [2.75, 3.05) is 13.1 Å². The molecule has 0 bridgehead atoms. The summed E-state index contributed by atoms with van der Waals surface area (Å²) >= 11 is 0. The second-order valence-electron chi connectivity index (χ2n) is 2.73. The van der Waals surface area contributed by atoms with Crippen LogP contribution in [0.2, 0.25) is 0 Å². The van der Waals surface area contributed by atoms with Crippen molar-refractivity contribution >= 4 is 0 Å². The number of rotatable bonds is 0. The lowest BCUT2D eigenvalue weighted by molar-refractivity contribution is 0.323. The zero-order valence-corrected chi connectivity index (χ0v) is 5.48. The van der Waals surface area contributed by atoms with Gasteiger partial charge in [-0.2, -0.15) is 0 Å². The lowest BCUT2D eigenvalue weighted by Gasteiger charge is -2.25. The molecule has 0 spiro atoms. The molecule has 0 aliphatic carbocycles. The average molecular weight is 112 g/mol. The second-order valence-corrected chi connectivity index (χ2v) is 2.73. The van der Waals surface area contributed by atoms with E-state index < -0.39 is 0 Å². The van der Waals surface area contributed by atoms with E-state index in [4.69, 9.17) is 0 Å². The van der Waals surface area contributed by atoms with Crippen molar-refractivity contribution in [2.45, 2.75) is 13.3 Å². The van der Waals surface area contributed by atoms with Gasteiger partial charge >= 0.3 is 0 Å². The van der Waals surface area contributed by atoms with Crippen LogP contribution in [0, 0.1) is 18.8 Å². The van der Waals surface area contributed by atoms with E-state index in [2.05, 4.69) is 19.2 Å². The highest BCUT2D eigenvalue weighted by atomic mass is 14.9. The summed E-state index contributed by atoms with van der Waals surface area (Å²) in [5.41, 5.74) is 0. The van der Waals surface area contributed by atoms with E-state index in [1.54, 1.807) is 0 Å². The van der Waals surface area contributed by atoms with Gasteiger partial charge < -0.3 is 5.32 Å². The summed E-state index contributed by atoms with van der Waals surface area (Å²) in [6, 6.07) is 0. The van der Waals surface area contributed by atoms with Gasteiger partial charge in [-0.3, -0.25) is 0 Å². The summed E-state index contributed by atoms with van der Waals surface area (Å²) < 4.78 is 0. The fourth-order valence-electron chi connectivity index (χ4n) is 1.07. The third-order valence-electron chi connectivity index (χ3n) is 1.96. The molecule has 1 aliphatic heterocycles. The van der Waals surface area contributed by atoms with Gasteiger partial charge in [-0.1, -0.05) is 6.92 Å². The Kier molecular flexibility index (Phi) is 1.90. The van der Waals surface area contributed by atoms with E-state index in [1.807, 2.05) is 0 Å². The Balaban J connectivity index is 2.28. The van der Waals surface area contributed by atoms with Crippen LogP contribution in [0.5, 0.6) is 0 Å². The minimum atomic E-state index is 0.691. The smallest absolute Gasteiger partial charge is 0.00205 e. The summed E-state index contributed by atoms with van der Waals surface area (Å²) in [5, 5.41) is 3.32. The van der Waals surface area contributed by atoms with Gasteiger partial charge in [-0.25, -0.2) is 0 Å². The molecule has 1 radical (unpaired) electrons. The number of nitrogens with one attached hydrogen (secondary N) is 1. The van der Waals surface area contributed by atoms with Crippen LogP contribution in [0.15, 0.2) is 0 Å². The second kappa shape index (κ2) is 2.49. The molecule has 0 aromatic heterocycles. The molecule has 0 aromatic rings. The Labute approximate surface area is 51.5 Å². The van der Waals surface area contributed by atoms with E-state index in [0.29, 0.717) is 5.92 Å². The van der Waals surface area contributed by atoms with Gasteiger partial charge in [0.05, 0.1) is 0 Å². The summed E-state index contributed by atoms with van der Waals surface area (Å²) in [7, 11) is 0. The minimum Gasteiger partial charge on any atom is -0.316 e. The highest BCUT2D eigenvalue weighted by Crippen LogP contribution is 2.15. The molecule has 1 fully saturated rings. The maximum Gasteiger partial charge on any atom is -0.00205 e. The number of piperidine rings is 1. The van der Waals surface area contributed by atoms with Crippen LogP contribution in [-0.4, -0.2) is 13.1 Å². The van der Waals surface area contributed by atoms with E-state index >= 15 is 0 Å². The van der Waals surface area contributed by atoms with Crippen molar-refractivity contribution in [2.24, 2.45) is 11.8 Å². The first-order valence-corrected chi connectivity index (χ1v) is 3.34. The standard InChI is InChI=1S/C7H14N/c1-6-3-4-8-5-7(6)2/h6-8H,1,3-5H2,2H3. The maximum absolute atomic E-state index is 4.04. The molecule has 1 heterocycles. The first kappa shape index (κ1) is 6.09. The van der Waals surface area contributed by atoms with Crippen LogP contribution < -0.4 is 5.32 Å². The lowest BCUT2D eigenvalue weighted by atomic mass is 9.90. The van der Waals surface area contributed by atoms with Crippen molar-refractivity contribution in [3.8, 4) is 0 Å². The molecule has 1 rings (SSSR count). The van der Waals surface area contributed by atoms with Crippen LogP contribution in [0.1, 0.15) is 13.3 Å². The zero-order valence-electron chi connectivity index (χ0n) is 5.48. The normalized spacial score (nSPS) is 39.8. The van der Waals surface area contributed by atoms with Crippen molar-refractivity contribution in [3.05, 3.63) is 6.92 Å². The van der Waals surface area contributed by atoms with Crippen LogP contribution in [0.3, 0.4) is 0 Å². The van der Waals surface area contributed by atoms with Gasteiger partial charge in [0.15, 0.2) is 0 Å². The molecular formula is C7H14N. The van der Waals surface area contributed by atoms with Gasteiger partial charge in [-0.05, 0) is 38.3 Å². The van der Waals surface area contributed by atoms with Crippen LogP contribution in [-0.2, 0) is 0 Å². The van der Waals surface area contributed by atoms with Gasteiger partial charge in [-0.15, -0.1) is 0 Å². The van der Waals surface area contributed by atoms with Gasteiger partial charge in [0.25, 0.3) is 0 Å². The SMILES string of the molecule is [CH2]C1CCNCC1C. The van der Waals surface area contributed by atoms with Crippen LogP contribution in [0.4, 0.5) is 0 Å². The molecule has 8 heavy (non-hydrogen) atoms. The summed E-state index contributed by atoms with van der Waals surface area (Å²) in [6.07, 6.45) is 1.25. The first-order chi connectivity index (χ1) is 3.80. The molecule has 0 saturated carbocycles. The Bertz CT molecular complexity index is 60.8. The van der Waals surface area contributed by atoms with Crippen molar-refractivity contribution in [1.82, 2.24) is 5.32 Å². The first-order valence-electron chi connectivity index (χ1n) is 3.34. The zero-order chi connectivity index (χ0) is 5.98. The Morgan fingerprint density at radius 1 is 1.62 bits per heavy atom. The predicted molar refractivity (Wildman–Crippen MR) is 35.5 cm³/mol. The Morgan fingerprint density at radius 3 is 2.75 bits per heavy atom. The lowest BCUT2D eigenvalue weighted by Crippen LogP contribution is -2.33. The third kappa shape index (κ3) is 1.22. The molecule has 0 amide bonds. The van der Waals surface area contributed by atoms with E-state index in [0.717, 1.165) is 12.5 Å². The third-order valence-corrected chi connectivity index (χ3v) is 1.96. The fourth-order valence-corrected chi connectivity index (χ4v) is 1.07. The fraction of sp³-hybridized carbons (Fsp3) is 0.857. The van der Waals surface area contributed by atoms with Gasteiger partial charge in [0.1, 0.15) is 0 Å². The largest absolute Gasteiger partial charge is 0.316 e. The molecular weight excluding hydrogens is 98.1 g/mol. The molecule has 0 aromatic carbocycles. The van der Waals surface area contributed by atoms with Crippen molar-refractivity contribution in [1.29, 1.82) is 0 Å². The van der Waals surface area contributed by atoms with E-state index in [-0.39, 0.29) is 0 Å². The summed E-state index contributed by atoms with van der Waals surface area (Å²) in [4.78, 5) is 0. The van der Waals surface area contributed by atoms with Crippen molar-refractivity contribution < 1.29 is 0 Å². The van der Waals surface area contributed by atoms with E-state index in [1.165, 1.54) is 13.0 Å². The number of hydrogen-bond donors (Lipinski definition) is 1. The molecule has 1 saturated heterocycles. The maximum atomic E-state index is 4.04. The van der Waals surface area contributed by atoms with Gasteiger partial charge in [0, 0.05) is 0 Å². The molecule has 1 N–H and O–H groups in total. The summed E-state index contributed by atoms with van der Waals surface area (Å²) in [6.45, 7) is 8.62. The molecule has 1 heteroatoms. The monoisotopic (exact) mass is 112 g/mol. The van der Waals surface area contributed by atoms with E-state index in [9.17, 15) is 0 Å². The Morgan fingerprint density at radius 2 is 2.38 bits per heavy atom. The molecule has 1 aliphatic rings. The quantitative estimate of drug-likeness (QED) is 0.494. The van der Waals surface area contributed by atoms with Crippen LogP contribution in [0.25, 0.3) is 0 Å². The van der Waals surface area contributed by atoms with Crippen molar-refractivity contribution in [3.63, 3.8) is 0 Å². The molecule has 2 unspecified atom stereocenters. The molecule has 1 nitrogen and oxygen atoms in total. The minimum absolute atomic E-state index is 0.691. The average Bonchev–Trinajstić information content (AvgIpc) is 1.77. The molecule has 47 valence electrons. The predicted octanol–water partition coefficient (Wildman–Crippen LogP) is 1.07. The van der Waals surface area contributed by atoms with Gasteiger partial charge in [0.2, 0.25) is 0 Å². The highest BCUT2D eigenvalue weighted by molar-refractivity contribution is 4.75. The number of hydrogen-bond acceptors (Lipinski definition) is 1. The Hall–Kier alpha value is -0.0400. The van der Waals surface area contributed by atoms with Crippen LogP contribution >= 0.6 is 0 Å². The summed E-state index contributed by atoms with van der Waals surface area (Å²) in [5.74, 6) is 1.47. The molecule has 2 atom stereocenters. The topological polar surface area (TPSA) is 12.0 Å². The highest BCUT2D eigenvalue weighted by Gasteiger charge is 2.15.